The molecule has 1 heteroatoms. The van der Waals surface area contributed by atoms with Gasteiger partial charge in [0.2, 0.25) is 0 Å². The van der Waals surface area contributed by atoms with Gasteiger partial charge in [-0.15, -0.1) is 0 Å². The third kappa shape index (κ3) is 8.70. The number of rotatable bonds is 13. The largest absolute Gasteiger partial charge is 0.265 e. The van der Waals surface area contributed by atoms with E-state index in [1.807, 2.05) is 12.3 Å². The molecule has 0 aliphatic heterocycles. The Hall–Kier alpha value is -1.11. The molecule has 0 aromatic heterocycles. The zero-order valence-corrected chi connectivity index (χ0v) is 14.5. The first kappa shape index (κ1) is 19.9. The highest BCUT2D eigenvalue weighted by molar-refractivity contribution is 5.73. The van der Waals surface area contributed by atoms with Crippen molar-refractivity contribution in [1.29, 1.82) is 0 Å². The maximum atomic E-state index is 4.09. The Morgan fingerprint density at radius 2 is 1.57 bits per heavy atom. The van der Waals surface area contributed by atoms with E-state index in [0.29, 0.717) is 0 Å². The second kappa shape index (κ2) is 12.6. The highest BCUT2D eigenvalue weighted by Crippen LogP contribution is 2.38. The van der Waals surface area contributed by atoms with Crippen LogP contribution in [-0.2, 0) is 0 Å². The van der Waals surface area contributed by atoms with Gasteiger partial charge in [0.05, 0.1) is 0 Å². The average molecular weight is 290 g/mol. The number of aliphatic imine (C=N–C) groups is 1. The van der Waals surface area contributed by atoms with Crippen molar-refractivity contribution in [3.8, 4) is 0 Å². The van der Waals surface area contributed by atoms with Crippen molar-refractivity contribution in [3.05, 3.63) is 37.1 Å². The van der Waals surface area contributed by atoms with Crippen LogP contribution in [-0.4, -0.2) is 6.21 Å². The monoisotopic (exact) mass is 289 g/mol. The van der Waals surface area contributed by atoms with Crippen LogP contribution in [0.5, 0.6) is 0 Å². The highest BCUT2D eigenvalue weighted by Gasteiger charge is 2.25. The Labute approximate surface area is 132 Å². The summed E-state index contributed by atoms with van der Waals surface area (Å²) < 4.78 is 0. The van der Waals surface area contributed by atoms with Gasteiger partial charge in [-0.1, -0.05) is 85.0 Å². The quantitative estimate of drug-likeness (QED) is 0.199. The minimum absolute atomic E-state index is 0.233. The first-order valence-corrected chi connectivity index (χ1v) is 8.61. The normalized spacial score (nSPS) is 15.1. The van der Waals surface area contributed by atoms with Crippen molar-refractivity contribution >= 4 is 6.21 Å². The summed E-state index contributed by atoms with van der Waals surface area (Å²) in [7, 11) is 0. The molecule has 0 aliphatic carbocycles. The summed E-state index contributed by atoms with van der Waals surface area (Å²) in [6.45, 7) is 14.6. The molecule has 0 heterocycles. The van der Waals surface area contributed by atoms with Crippen LogP contribution in [0.4, 0.5) is 0 Å². The number of unbranched alkanes of at least 4 members (excludes halogenated alkanes) is 5. The van der Waals surface area contributed by atoms with Gasteiger partial charge in [0, 0.05) is 12.4 Å². The molecular weight excluding hydrogens is 254 g/mol. The van der Waals surface area contributed by atoms with E-state index in [9.17, 15) is 0 Å². The minimum atomic E-state index is 0.233. The van der Waals surface area contributed by atoms with E-state index < -0.39 is 0 Å². The molecule has 0 fully saturated rings. The standard InChI is InChI=1S/C20H35N/c1-6-10-12-13-14-17-20(5,16-11-7-2)19(8-3)15-18-21-9-4/h8-9,15,18H,3-4,6-7,10-14,16-17H2,1-2,5H3/b19-15+,21-18-. The summed E-state index contributed by atoms with van der Waals surface area (Å²) in [4.78, 5) is 4.09. The van der Waals surface area contributed by atoms with Crippen LogP contribution in [0.25, 0.3) is 0 Å². The molecule has 0 amide bonds. The van der Waals surface area contributed by atoms with Crippen molar-refractivity contribution in [2.75, 3.05) is 0 Å². The van der Waals surface area contributed by atoms with Crippen LogP contribution in [0.15, 0.2) is 42.1 Å². The molecular formula is C20H35N. The van der Waals surface area contributed by atoms with Gasteiger partial charge in [0.1, 0.15) is 0 Å². The fraction of sp³-hybridized carbons (Fsp3) is 0.650. The van der Waals surface area contributed by atoms with Gasteiger partial charge >= 0.3 is 0 Å². The molecule has 1 nitrogen and oxygen atoms in total. The van der Waals surface area contributed by atoms with E-state index >= 15 is 0 Å². The SMILES string of the molecule is C=C/N=C\C=C(/C=C)C(C)(CCCC)CCCCCCC. The summed E-state index contributed by atoms with van der Waals surface area (Å²) in [5.41, 5.74) is 1.55. The molecule has 0 aromatic rings. The summed E-state index contributed by atoms with van der Waals surface area (Å²) in [5, 5.41) is 0. The molecule has 0 aromatic carbocycles. The fourth-order valence-electron chi connectivity index (χ4n) is 2.80. The van der Waals surface area contributed by atoms with Crippen molar-refractivity contribution in [1.82, 2.24) is 0 Å². The van der Waals surface area contributed by atoms with Crippen molar-refractivity contribution in [2.24, 2.45) is 10.4 Å². The predicted octanol–water partition coefficient (Wildman–Crippen LogP) is 6.87. The Kier molecular flexibility index (Phi) is 12.0. The first-order chi connectivity index (χ1) is 10.1. The molecule has 0 radical (unpaired) electrons. The molecule has 0 saturated carbocycles. The van der Waals surface area contributed by atoms with E-state index in [-0.39, 0.29) is 5.41 Å². The second-order valence-electron chi connectivity index (χ2n) is 6.14. The molecule has 120 valence electrons. The van der Waals surface area contributed by atoms with Crippen molar-refractivity contribution < 1.29 is 0 Å². The predicted molar refractivity (Wildman–Crippen MR) is 98.0 cm³/mol. The fourth-order valence-corrected chi connectivity index (χ4v) is 2.80. The van der Waals surface area contributed by atoms with E-state index in [1.165, 1.54) is 63.4 Å². The lowest BCUT2D eigenvalue weighted by molar-refractivity contribution is 0.317. The van der Waals surface area contributed by atoms with Crippen LogP contribution in [0.2, 0.25) is 0 Å². The number of nitrogens with zero attached hydrogens (tertiary/aromatic N) is 1. The van der Waals surface area contributed by atoms with Crippen molar-refractivity contribution in [3.63, 3.8) is 0 Å². The summed E-state index contributed by atoms with van der Waals surface area (Å²) >= 11 is 0. The summed E-state index contributed by atoms with van der Waals surface area (Å²) in [5.74, 6) is 0. The second-order valence-corrected chi connectivity index (χ2v) is 6.14. The summed E-state index contributed by atoms with van der Waals surface area (Å²) in [6, 6.07) is 0. The maximum Gasteiger partial charge on any atom is 0.0270 e. The van der Waals surface area contributed by atoms with Gasteiger partial charge in [0.15, 0.2) is 0 Å². The third-order valence-electron chi connectivity index (χ3n) is 4.28. The van der Waals surface area contributed by atoms with Crippen LogP contribution < -0.4 is 0 Å². The van der Waals surface area contributed by atoms with Gasteiger partial charge in [0.25, 0.3) is 0 Å². The molecule has 0 saturated heterocycles. The molecule has 21 heavy (non-hydrogen) atoms. The Bertz CT molecular complexity index is 338. The summed E-state index contributed by atoms with van der Waals surface area (Å²) in [6.07, 6.45) is 19.2. The van der Waals surface area contributed by atoms with Crippen LogP contribution in [0.3, 0.4) is 0 Å². The van der Waals surface area contributed by atoms with E-state index in [1.54, 1.807) is 6.20 Å². The zero-order chi connectivity index (χ0) is 16.0. The lowest BCUT2D eigenvalue weighted by Crippen LogP contribution is -2.19. The molecule has 1 unspecified atom stereocenters. The zero-order valence-electron chi connectivity index (χ0n) is 14.5. The molecule has 0 spiro atoms. The maximum absolute atomic E-state index is 4.09. The lowest BCUT2D eigenvalue weighted by atomic mass is 9.73. The van der Waals surface area contributed by atoms with Crippen LogP contribution >= 0.6 is 0 Å². The highest BCUT2D eigenvalue weighted by atomic mass is 14.6. The first-order valence-electron chi connectivity index (χ1n) is 8.61. The Morgan fingerprint density at radius 3 is 2.14 bits per heavy atom. The van der Waals surface area contributed by atoms with Gasteiger partial charge in [-0.25, -0.2) is 0 Å². The lowest BCUT2D eigenvalue weighted by Gasteiger charge is -2.31. The van der Waals surface area contributed by atoms with Gasteiger partial charge < -0.3 is 0 Å². The van der Waals surface area contributed by atoms with Gasteiger partial charge in [-0.2, -0.15) is 0 Å². The van der Waals surface area contributed by atoms with Gasteiger partial charge in [-0.05, 0) is 29.9 Å². The van der Waals surface area contributed by atoms with E-state index in [0.717, 1.165) is 0 Å². The molecule has 0 bridgehead atoms. The Morgan fingerprint density at radius 1 is 0.952 bits per heavy atom. The molecule has 0 aliphatic rings. The van der Waals surface area contributed by atoms with Crippen LogP contribution in [0.1, 0.15) is 78.6 Å². The third-order valence-corrected chi connectivity index (χ3v) is 4.28. The number of allylic oxidation sites excluding steroid dienone is 3. The topological polar surface area (TPSA) is 12.4 Å². The molecule has 0 N–H and O–H groups in total. The molecule has 1 atom stereocenters. The van der Waals surface area contributed by atoms with Crippen molar-refractivity contribution in [2.45, 2.75) is 78.6 Å². The number of hydrogen-bond donors (Lipinski definition) is 0. The van der Waals surface area contributed by atoms with E-state index in [2.05, 4.69) is 45.0 Å². The smallest absolute Gasteiger partial charge is 0.0270 e. The Balaban J connectivity index is 4.76. The average Bonchev–Trinajstić information content (AvgIpc) is 2.49. The van der Waals surface area contributed by atoms with Crippen LogP contribution in [0, 0.1) is 5.41 Å². The van der Waals surface area contributed by atoms with E-state index in [4.69, 9.17) is 0 Å². The molecule has 0 rings (SSSR count). The minimum Gasteiger partial charge on any atom is -0.265 e. The number of hydrogen-bond acceptors (Lipinski definition) is 1. The van der Waals surface area contributed by atoms with Gasteiger partial charge in [-0.3, -0.25) is 4.99 Å².